The Kier molecular flexibility index (Phi) is 9.20. The van der Waals surface area contributed by atoms with Gasteiger partial charge in [-0.2, -0.15) is 13.2 Å². The minimum Gasteiger partial charge on any atom is -0.379 e. The number of nitrogens with zero attached hydrogens (tertiary/aromatic N) is 2. The highest BCUT2D eigenvalue weighted by atomic mass is 79.9. The summed E-state index contributed by atoms with van der Waals surface area (Å²) in [6.45, 7) is 2.37. The number of fused-ring (bicyclic) bond motifs is 1. The highest BCUT2D eigenvalue weighted by molar-refractivity contribution is 9.09. The summed E-state index contributed by atoms with van der Waals surface area (Å²) in [6.07, 6.45) is -1.18. The van der Waals surface area contributed by atoms with Crippen LogP contribution in [0.15, 0.2) is 42.5 Å². The van der Waals surface area contributed by atoms with Crippen molar-refractivity contribution in [3.63, 3.8) is 0 Å². The van der Waals surface area contributed by atoms with E-state index in [1.54, 1.807) is 6.07 Å². The topological polar surface area (TPSA) is 65.4 Å². The lowest BCUT2D eigenvalue weighted by Crippen LogP contribution is -2.24. The van der Waals surface area contributed by atoms with Crippen LogP contribution in [-0.2, 0) is 15.7 Å². The molecular weight excluding hydrogens is 558 g/mol. The highest BCUT2D eigenvalue weighted by Gasteiger charge is 2.31. The third-order valence-corrected chi connectivity index (χ3v) is 6.78. The van der Waals surface area contributed by atoms with Crippen LogP contribution < -0.4 is 5.32 Å². The molecule has 1 saturated carbocycles. The van der Waals surface area contributed by atoms with Crippen molar-refractivity contribution in [2.45, 2.75) is 37.9 Å². The number of alkyl halides is 4. The zero-order chi connectivity index (χ0) is 26.4. The molecule has 0 bridgehead atoms. The summed E-state index contributed by atoms with van der Waals surface area (Å²) < 4.78 is 66.3. The Morgan fingerprint density at radius 3 is 2.54 bits per heavy atom. The van der Waals surface area contributed by atoms with Crippen molar-refractivity contribution in [2.24, 2.45) is 5.92 Å². The molecule has 2 aromatic carbocycles. The highest BCUT2D eigenvalue weighted by Crippen LogP contribution is 2.37. The van der Waals surface area contributed by atoms with E-state index in [9.17, 15) is 22.4 Å². The van der Waals surface area contributed by atoms with Gasteiger partial charge < -0.3 is 14.0 Å². The Morgan fingerprint density at radius 2 is 1.81 bits per heavy atom. The number of halogens is 5. The van der Waals surface area contributed by atoms with Gasteiger partial charge in [-0.25, -0.2) is 9.37 Å². The monoisotopic (exact) mass is 585 g/mol. The predicted molar refractivity (Wildman–Crippen MR) is 136 cm³/mol. The Balaban J connectivity index is 1.47. The van der Waals surface area contributed by atoms with Crippen molar-refractivity contribution in [3.8, 4) is 0 Å². The molecule has 0 aliphatic heterocycles. The quantitative estimate of drug-likeness (QED) is 0.165. The van der Waals surface area contributed by atoms with Gasteiger partial charge in [-0.3, -0.25) is 10.1 Å². The fourth-order valence-electron chi connectivity index (χ4n) is 4.63. The Hall–Kier alpha value is -2.50. The maximum Gasteiger partial charge on any atom is 0.416 e. The summed E-state index contributed by atoms with van der Waals surface area (Å²) in [5.74, 6) is -0.601. The maximum atomic E-state index is 13.9. The molecule has 1 N–H and O–H groups in total. The SMILES string of the molecule is O=C(Nc1nc2cc(F)ccc2n1C1CCC(COCCOCCBr)CC1)c1cccc(C(F)(F)F)c1. The number of carbonyl (C=O) groups is 1. The smallest absolute Gasteiger partial charge is 0.379 e. The normalized spacial score (nSPS) is 18.3. The average Bonchev–Trinajstić information content (AvgIpc) is 3.22. The lowest BCUT2D eigenvalue weighted by Gasteiger charge is -2.30. The van der Waals surface area contributed by atoms with Crippen LogP contribution in [-0.4, -0.2) is 47.2 Å². The van der Waals surface area contributed by atoms with E-state index in [2.05, 4.69) is 26.2 Å². The van der Waals surface area contributed by atoms with Crippen LogP contribution in [0.1, 0.15) is 47.6 Å². The maximum absolute atomic E-state index is 13.9. The number of rotatable bonds is 10. The molecule has 0 radical (unpaired) electrons. The molecule has 1 aliphatic rings. The van der Waals surface area contributed by atoms with E-state index in [0.717, 1.165) is 43.1 Å². The molecule has 1 fully saturated rings. The molecule has 1 aromatic heterocycles. The molecule has 1 amide bonds. The van der Waals surface area contributed by atoms with Gasteiger partial charge in [0, 0.05) is 29.6 Å². The van der Waals surface area contributed by atoms with Gasteiger partial charge >= 0.3 is 6.18 Å². The van der Waals surface area contributed by atoms with E-state index in [1.807, 2.05) is 4.57 Å². The molecule has 3 aromatic rings. The number of hydrogen-bond acceptors (Lipinski definition) is 4. The zero-order valence-corrected chi connectivity index (χ0v) is 21.7. The molecule has 4 rings (SSSR count). The second kappa shape index (κ2) is 12.4. The summed E-state index contributed by atoms with van der Waals surface area (Å²) in [7, 11) is 0. The summed E-state index contributed by atoms with van der Waals surface area (Å²) in [6, 6.07) is 8.43. The lowest BCUT2D eigenvalue weighted by atomic mass is 9.86. The van der Waals surface area contributed by atoms with E-state index in [0.29, 0.717) is 43.4 Å². The largest absolute Gasteiger partial charge is 0.416 e. The first kappa shape index (κ1) is 27.5. The second-order valence-electron chi connectivity index (χ2n) is 9.02. The van der Waals surface area contributed by atoms with Crippen molar-refractivity contribution in [1.29, 1.82) is 0 Å². The van der Waals surface area contributed by atoms with E-state index >= 15 is 0 Å². The van der Waals surface area contributed by atoms with Crippen LogP contribution in [0.2, 0.25) is 0 Å². The molecule has 0 atom stereocenters. The first-order valence-electron chi connectivity index (χ1n) is 12.1. The molecule has 37 heavy (non-hydrogen) atoms. The number of aromatic nitrogens is 2. The third-order valence-electron chi connectivity index (χ3n) is 6.46. The van der Waals surface area contributed by atoms with Gasteiger partial charge in [0.15, 0.2) is 0 Å². The molecule has 0 unspecified atom stereocenters. The first-order valence-corrected chi connectivity index (χ1v) is 13.3. The number of benzene rings is 2. The number of ether oxygens (including phenoxy) is 2. The molecule has 200 valence electrons. The number of nitrogens with one attached hydrogen (secondary N) is 1. The van der Waals surface area contributed by atoms with Gasteiger partial charge in [0.1, 0.15) is 5.82 Å². The number of hydrogen-bond donors (Lipinski definition) is 1. The minimum atomic E-state index is -4.57. The molecule has 0 saturated heterocycles. The van der Waals surface area contributed by atoms with Gasteiger partial charge in [0.2, 0.25) is 5.95 Å². The Morgan fingerprint density at radius 1 is 1.05 bits per heavy atom. The second-order valence-corrected chi connectivity index (χ2v) is 9.81. The number of anilines is 1. The fourth-order valence-corrected chi connectivity index (χ4v) is 4.86. The van der Waals surface area contributed by atoms with Crippen LogP contribution in [0.25, 0.3) is 11.0 Å². The fraction of sp³-hybridized carbons (Fsp3) is 0.462. The lowest BCUT2D eigenvalue weighted by molar-refractivity contribution is -0.137. The predicted octanol–water partition coefficient (Wildman–Crippen LogP) is 6.61. The molecular formula is C26H28BrF4N3O3. The molecule has 11 heteroatoms. The molecule has 1 heterocycles. The average molecular weight is 586 g/mol. The van der Waals surface area contributed by atoms with Gasteiger partial charge in [-0.05, 0) is 61.9 Å². The van der Waals surface area contributed by atoms with Crippen molar-refractivity contribution in [2.75, 3.05) is 37.1 Å². The number of amides is 1. The molecule has 6 nitrogen and oxygen atoms in total. The van der Waals surface area contributed by atoms with Crippen LogP contribution in [0.4, 0.5) is 23.5 Å². The molecule has 0 spiro atoms. The summed E-state index contributed by atoms with van der Waals surface area (Å²) in [5, 5.41) is 3.45. The summed E-state index contributed by atoms with van der Waals surface area (Å²) >= 11 is 3.31. The van der Waals surface area contributed by atoms with Crippen molar-refractivity contribution in [1.82, 2.24) is 9.55 Å². The molecule has 1 aliphatic carbocycles. The number of imidazole rings is 1. The zero-order valence-electron chi connectivity index (χ0n) is 20.1. The van der Waals surface area contributed by atoms with Crippen molar-refractivity contribution < 1.29 is 31.8 Å². The first-order chi connectivity index (χ1) is 17.8. The number of carbonyl (C=O) groups excluding carboxylic acids is 1. The van der Waals surface area contributed by atoms with E-state index in [1.165, 1.54) is 24.3 Å². The van der Waals surface area contributed by atoms with Crippen LogP contribution >= 0.6 is 15.9 Å². The van der Waals surface area contributed by atoms with Gasteiger partial charge in [0.25, 0.3) is 5.91 Å². The van der Waals surface area contributed by atoms with Crippen LogP contribution in [0, 0.1) is 11.7 Å². The Labute approximate surface area is 220 Å². The van der Waals surface area contributed by atoms with Gasteiger partial charge in [0.05, 0.1) is 36.4 Å². The minimum absolute atomic E-state index is 0.00853. The van der Waals surface area contributed by atoms with Crippen LogP contribution in [0.3, 0.4) is 0 Å². The Bertz CT molecular complexity index is 1210. The standard InChI is InChI=1S/C26H28BrF4N3O3/c27-10-11-36-12-13-37-16-17-4-7-21(8-5-17)34-23-9-6-20(28)15-22(23)32-25(34)33-24(35)18-2-1-3-19(14-18)26(29,30)31/h1-3,6,9,14-15,17,21H,4-5,7-8,10-13,16H2,(H,32,33,35). The summed E-state index contributed by atoms with van der Waals surface area (Å²) in [4.78, 5) is 17.3. The van der Waals surface area contributed by atoms with E-state index in [4.69, 9.17) is 9.47 Å². The van der Waals surface area contributed by atoms with Gasteiger partial charge in [-0.1, -0.05) is 22.0 Å². The third kappa shape index (κ3) is 7.08. The summed E-state index contributed by atoms with van der Waals surface area (Å²) in [5.41, 5.74) is -0.0239. The van der Waals surface area contributed by atoms with E-state index in [-0.39, 0.29) is 17.6 Å². The van der Waals surface area contributed by atoms with Crippen molar-refractivity contribution in [3.05, 3.63) is 59.4 Å². The van der Waals surface area contributed by atoms with E-state index < -0.39 is 23.5 Å². The van der Waals surface area contributed by atoms with Gasteiger partial charge in [-0.15, -0.1) is 0 Å². The van der Waals surface area contributed by atoms with Crippen LogP contribution in [0.5, 0.6) is 0 Å². The van der Waals surface area contributed by atoms with Crippen molar-refractivity contribution >= 4 is 38.8 Å².